The highest BCUT2D eigenvalue weighted by Gasteiger charge is 2.17. The molecule has 0 saturated carbocycles. The first-order valence-corrected chi connectivity index (χ1v) is 9.75. The number of hydrogen-bond donors (Lipinski definition) is 1. The Morgan fingerprint density at radius 2 is 1.00 bits per heavy atom. The molecule has 0 fully saturated rings. The average Bonchev–Trinajstić information content (AvgIpc) is 2.82. The molecule has 4 aromatic carbocycles. The van der Waals surface area contributed by atoms with E-state index in [2.05, 4.69) is 0 Å². The number of benzene rings is 4. The maximum absolute atomic E-state index is 6.39. The zero-order valence-electron chi connectivity index (χ0n) is 16.5. The topological polar surface area (TPSA) is 54.0 Å². The van der Waals surface area contributed by atoms with Crippen LogP contribution in [0.3, 0.4) is 0 Å². The highest BCUT2D eigenvalue weighted by atomic mass is 15.3. The van der Waals surface area contributed by atoms with Crippen molar-refractivity contribution in [1.29, 1.82) is 0 Å². The van der Waals surface area contributed by atoms with Crippen molar-refractivity contribution in [3.05, 3.63) is 127 Å². The van der Waals surface area contributed by atoms with Crippen molar-refractivity contribution in [2.45, 2.75) is 0 Å². The normalized spacial score (nSPS) is 11.9. The lowest BCUT2D eigenvalue weighted by Crippen LogP contribution is -2.27. The van der Waals surface area contributed by atoms with Crippen molar-refractivity contribution in [2.24, 2.45) is 15.7 Å². The third-order valence-corrected chi connectivity index (χ3v) is 4.50. The Kier molecular flexibility index (Phi) is 5.97. The Labute approximate surface area is 176 Å². The quantitative estimate of drug-likeness (QED) is 0.347. The van der Waals surface area contributed by atoms with Crippen LogP contribution < -0.4 is 10.6 Å². The fraction of sp³-hybridized carbons (Fsp3) is 0. The summed E-state index contributed by atoms with van der Waals surface area (Å²) in [6.45, 7) is 0. The first kappa shape index (κ1) is 19.2. The first-order valence-electron chi connectivity index (χ1n) is 9.75. The van der Waals surface area contributed by atoms with Gasteiger partial charge in [-0.2, -0.15) is 4.99 Å². The van der Waals surface area contributed by atoms with E-state index in [9.17, 15) is 0 Å². The van der Waals surface area contributed by atoms with Crippen LogP contribution in [-0.2, 0) is 0 Å². The monoisotopic (exact) mass is 390 g/mol. The highest BCUT2D eigenvalue weighted by molar-refractivity contribution is 6.12. The molecule has 0 radical (unpaired) electrons. The van der Waals surface area contributed by atoms with Crippen LogP contribution in [-0.4, -0.2) is 11.8 Å². The Bertz CT molecular complexity index is 1080. The van der Waals surface area contributed by atoms with Crippen LogP contribution >= 0.6 is 0 Å². The number of guanidine groups is 1. The van der Waals surface area contributed by atoms with Gasteiger partial charge in [0.1, 0.15) is 5.84 Å². The van der Waals surface area contributed by atoms with Crippen molar-refractivity contribution in [3.8, 4) is 0 Å². The third kappa shape index (κ3) is 4.62. The summed E-state index contributed by atoms with van der Waals surface area (Å²) in [6, 6.07) is 39.6. The van der Waals surface area contributed by atoms with Crippen LogP contribution in [0.4, 0.5) is 17.1 Å². The lowest BCUT2D eigenvalue weighted by atomic mass is 10.2. The Hall–Kier alpha value is -4.18. The molecule has 0 unspecified atom stereocenters. The molecule has 0 bridgehead atoms. The van der Waals surface area contributed by atoms with Crippen LogP contribution in [0.1, 0.15) is 5.56 Å². The van der Waals surface area contributed by atoms with Gasteiger partial charge < -0.3 is 5.73 Å². The minimum atomic E-state index is 0.405. The number of nitrogens with two attached hydrogens (primary N) is 1. The molecular formula is C26H22N4. The summed E-state index contributed by atoms with van der Waals surface area (Å²) in [5, 5.41) is 0. The van der Waals surface area contributed by atoms with Gasteiger partial charge in [-0.15, -0.1) is 0 Å². The van der Waals surface area contributed by atoms with Gasteiger partial charge in [0.05, 0.1) is 5.69 Å². The summed E-state index contributed by atoms with van der Waals surface area (Å²) in [4.78, 5) is 11.6. The van der Waals surface area contributed by atoms with Gasteiger partial charge in [0, 0.05) is 16.9 Å². The zero-order chi connectivity index (χ0) is 20.6. The number of hydrogen-bond acceptors (Lipinski definition) is 1. The van der Waals surface area contributed by atoms with E-state index in [-0.39, 0.29) is 0 Å². The summed E-state index contributed by atoms with van der Waals surface area (Å²) >= 11 is 0. The maximum atomic E-state index is 6.39. The standard InChI is InChI=1S/C26H22N4/c27-25(21-13-5-1-6-14-21)29-26(28-22-15-7-2-8-16-22)30(23-17-9-3-10-18-23)24-19-11-4-12-20-24/h1-20H,(H2,27,28,29). The molecular weight excluding hydrogens is 368 g/mol. The van der Waals surface area contributed by atoms with Crippen LogP contribution in [0.5, 0.6) is 0 Å². The molecule has 0 aliphatic heterocycles. The molecule has 0 aromatic heterocycles. The van der Waals surface area contributed by atoms with Gasteiger partial charge in [-0.3, -0.25) is 4.90 Å². The molecule has 0 amide bonds. The van der Waals surface area contributed by atoms with Crippen LogP contribution in [0, 0.1) is 0 Å². The van der Waals surface area contributed by atoms with Gasteiger partial charge in [0.15, 0.2) is 0 Å². The van der Waals surface area contributed by atoms with Crippen molar-refractivity contribution in [3.63, 3.8) is 0 Å². The van der Waals surface area contributed by atoms with Crippen molar-refractivity contribution in [2.75, 3.05) is 4.90 Å². The minimum absolute atomic E-state index is 0.405. The molecule has 0 spiro atoms. The average molecular weight is 390 g/mol. The minimum Gasteiger partial charge on any atom is -0.383 e. The van der Waals surface area contributed by atoms with Gasteiger partial charge in [-0.05, 0) is 36.4 Å². The molecule has 0 saturated heterocycles. The summed E-state index contributed by atoms with van der Waals surface area (Å²) in [5.41, 5.74) is 9.93. The van der Waals surface area contributed by atoms with Crippen molar-refractivity contribution < 1.29 is 0 Å². The molecule has 4 nitrogen and oxygen atoms in total. The summed E-state index contributed by atoms with van der Waals surface area (Å²) in [7, 11) is 0. The van der Waals surface area contributed by atoms with Gasteiger partial charge in [-0.1, -0.05) is 84.9 Å². The number of nitrogens with zero attached hydrogens (tertiary/aromatic N) is 3. The van der Waals surface area contributed by atoms with Crippen LogP contribution in [0.15, 0.2) is 131 Å². The van der Waals surface area contributed by atoms with E-state index in [1.807, 2.05) is 126 Å². The molecule has 2 N–H and O–H groups in total. The Balaban J connectivity index is 1.89. The second-order valence-corrected chi connectivity index (χ2v) is 6.62. The molecule has 30 heavy (non-hydrogen) atoms. The summed E-state index contributed by atoms with van der Waals surface area (Å²) < 4.78 is 0. The van der Waals surface area contributed by atoms with E-state index in [1.54, 1.807) is 0 Å². The number of anilines is 2. The summed E-state index contributed by atoms with van der Waals surface area (Å²) in [5.74, 6) is 0.891. The highest BCUT2D eigenvalue weighted by Crippen LogP contribution is 2.27. The maximum Gasteiger partial charge on any atom is 0.237 e. The van der Waals surface area contributed by atoms with E-state index in [0.29, 0.717) is 11.8 Å². The molecule has 146 valence electrons. The fourth-order valence-electron chi connectivity index (χ4n) is 3.06. The van der Waals surface area contributed by atoms with E-state index in [1.165, 1.54) is 0 Å². The number of rotatable bonds is 4. The fourth-order valence-corrected chi connectivity index (χ4v) is 3.06. The Morgan fingerprint density at radius 1 is 0.567 bits per heavy atom. The molecule has 4 aromatic rings. The van der Waals surface area contributed by atoms with Crippen LogP contribution in [0.25, 0.3) is 0 Å². The van der Waals surface area contributed by atoms with E-state index < -0.39 is 0 Å². The second-order valence-electron chi connectivity index (χ2n) is 6.62. The lowest BCUT2D eigenvalue weighted by molar-refractivity contribution is 1.27. The van der Waals surface area contributed by atoms with E-state index >= 15 is 0 Å². The van der Waals surface area contributed by atoms with Gasteiger partial charge in [0.2, 0.25) is 5.96 Å². The molecule has 0 atom stereocenters. The second kappa shape index (κ2) is 9.34. The van der Waals surface area contributed by atoms with Gasteiger partial charge in [-0.25, -0.2) is 4.99 Å². The smallest absolute Gasteiger partial charge is 0.237 e. The van der Waals surface area contributed by atoms with E-state index in [4.69, 9.17) is 15.7 Å². The Morgan fingerprint density at radius 3 is 1.50 bits per heavy atom. The molecule has 0 aliphatic carbocycles. The predicted octanol–water partition coefficient (Wildman–Crippen LogP) is 5.92. The SMILES string of the molecule is NC(=NC(=Nc1ccccc1)N(c1ccccc1)c1ccccc1)c1ccccc1. The summed E-state index contributed by atoms with van der Waals surface area (Å²) in [6.07, 6.45) is 0. The number of amidine groups is 1. The van der Waals surface area contributed by atoms with Crippen LogP contribution in [0.2, 0.25) is 0 Å². The predicted molar refractivity (Wildman–Crippen MR) is 126 cm³/mol. The van der Waals surface area contributed by atoms with Gasteiger partial charge >= 0.3 is 0 Å². The molecule has 4 rings (SSSR count). The lowest BCUT2D eigenvalue weighted by Gasteiger charge is -2.24. The molecule has 0 aliphatic rings. The number of aliphatic imine (C=N–C) groups is 2. The number of para-hydroxylation sites is 3. The largest absolute Gasteiger partial charge is 0.383 e. The first-order chi connectivity index (χ1) is 14.8. The molecule has 4 heteroatoms. The molecule has 0 heterocycles. The van der Waals surface area contributed by atoms with Gasteiger partial charge in [0.25, 0.3) is 0 Å². The van der Waals surface area contributed by atoms with Crippen molar-refractivity contribution in [1.82, 2.24) is 0 Å². The zero-order valence-corrected chi connectivity index (χ0v) is 16.5. The third-order valence-electron chi connectivity index (χ3n) is 4.50. The van der Waals surface area contributed by atoms with E-state index in [0.717, 1.165) is 22.6 Å². The van der Waals surface area contributed by atoms with Crippen molar-refractivity contribution >= 4 is 28.9 Å².